The Morgan fingerprint density at radius 1 is 1.09 bits per heavy atom. The molecule has 0 saturated heterocycles. The molecule has 0 spiro atoms. The van der Waals surface area contributed by atoms with E-state index in [0.29, 0.717) is 17.9 Å². The van der Waals surface area contributed by atoms with Crippen molar-refractivity contribution in [3.8, 4) is 5.75 Å². The number of ether oxygens (including phenoxy) is 1. The molecular weight excluding hydrogens is 371 g/mol. The Labute approximate surface area is 141 Å². The van der Waals surface area contributed by atoms with Gasteiger partial charge in [-0.3, -0.25) is 0 Å². The van der Waals surface area contributed by atoms with Crippen LogP contribution >= 0.6 is 15.9 Å². The Balaban J connectivity index is 2.12. The van der Waals surface area contributed by atoms with Crippen molar-refractivity contribution in [1.29, 1.82) is 0 Å². The van der Waals surface area contributed by atoms with Gasteiger partial charge in [-0.2, -0.15) is 13.2 Å². The van der Waals surface area contributed by atoms with Crippen molar-refractivity contribution in [1.82, 2.24) is 0 Å². The second-order valence-corrected chi connectivity index (χ2v) is 6.05. The van der Waals surface area contributed by atoms with Crippen LogP contribution < -0.4 is 10.5 Å². The minimum atomic E-state index is -4.35. The number of halogens is 4. The van der Waals surface area contributed by atoms with Gasteiger partial charge in [0.15, 0.2) is 0 Å². The number of hydrogen-bond donors (Lipinski definition) is 1. The van der Waals surface area contributed by atoms with Crippen molar-refractivity contribution >= 4 is 15.9 Å². The first kappa shape index (κ1) is 17.8. The highest BCUT2D eigenvalue weighted by Gasteiger charge is 2.30. The van der Waals surface area contributed by atoms with Gasteiger partial charge in [-0.15, -0.1) is 0 Å². The van der Waals surface area contributed by atoms with E-state index in [4.69, 9.17) is 10.5 Å². The van der Waals surface area contributed by atoms with E-state index in [0.717, 1.165) is 35.0 Å². The Kier molecular flexibility index (Phi) is 6.07. The number of aryl methyl sites for hydroxylation is 1. The SMILES string of the molecule is NCCCc1cc(Br)ccc1OCc1cccc(C(F)(F)F)c1. The van der Waals surface area contributed by atoms with Crippen LogP contribution in [0.1, 0.15) is 23.1 Å². The minimum Gasteiger partial charge on any atom is -0.489 e. The molecular formula is C17H17BrF3NO. The van der Waals surface area contributed by atoms with Gasteiger partial charge in [0.05, 0.1) is 5.56 Å². The molecule has 0 amide bonds. The van der Waals surface area contributed by atoms with E-state index < -0.39 is 11.7 Å². The van der Waals surface area contributed by atoms with Gasteiger partial charge in [0.25, 0.3) is 0 Å². The van der Waals surface area contributed by atoms with Crippen LogP contribution in [0, 0.1) is 0 Å². The van der Waals surface area contributed by atoms with Crippen LogP contribution in [0.2, 0.25) is 0 Å². The molecule has 6 heteroatoms. The second-order valence-electron chi connectivity index (χ2n) is 5.13. The molecule has 23 heavy (non-hydrogen) atoms. The van der Waals surface area contributed by atoms with E-state index >= 15 is 0 Å². The highest BCUT2D eigenvalue weighted by Crippen LogP contribution is 2.30. The standard InChI is InChI=1S/C17H17BrF3NO/c18-15-6-7-16(13(10-15)4-2-8-22)23-11-12-3-1-5-14(9-12)17(19,20)21/h1,3,5-7,9-10H,2,4,8,11,22H2. The summed E-state index contributed by atoms with van der Waals surface area (Å²) in [5.74, 6) is 0.666. The molecule has 124 valence electrons. The molecule has 2 aromatic rings. The molecule has 0 radical (unpaired) electrons. The van der Waals surface area contributed by atoms with E-state index in [1.54, 1.807) is 6.07 Å². The Hall–Kier alpha value is -1.53. The lowest BCUT2D eigenvalue weighted by atomic mass is 10.1. The molecule has 0 saturated carbocycles. The highest BCUT2D eigenvalue weighted by atomic mass is 79.9. The molecule has 0 fully saturated rings. The number of nitrogens with two attached hydrogens (primary N) is 1. The third-order valence-electron chi connectivity index (χ3n) is 3.32. The van der Waals surface area contributed by atoms with Gasteiger partial charge in [-0.25, -0.2) is 0 Å². The van der Waals surface area contributed by atoms with Crippen molar-refractivity contribution < 1.29 is 17.9 Å². The number of benzene rings is 2. The van der Waals surface area contributed by atoms with Gasteiger partial charge in [-0.05, 0) is 60.8 Å². The maximum absolute atomic E-state index is 12.7. The van der Waals surface area contributed by atoms with Crippen LogP contribution in [0.4, 0.5) is 13.2 Å². The molecule has 2 rings (SSSR count). The van der Waals surface area contributed by atoms with Gasteiger partial charge in [-0.1, -0.05) is 28.1 Å². The molecule has 0 unspecified atom stereocenters. The molecule has 2 nitrogen and oxygen atoms in total. The molecule has 0 atom stereocenters. The quantitative estimate of drug-likeness (QED) is 0.761. The fourth-order valence-corrected chi connectivity index (χ4v) is 2.58. The largest absolute Gasteiger partial charge is 0.489 e. The van der Waals surface area contributed by atoms with E-state index in [9.17, 15) is 13.2 Å². The average Bonchev–Trinajstić information content (AvgIpc) is 2.51. The zero-order valence-corrected chi connectivity index (χ0v) is 14.0. The highest BCUT2D eigenvalue weighted by molar-refractivity contribution is 9.10. The van der Waals surface area contributed by atoms with E-state index in [1.807, 2.05) is 18.2 Å². The summed E-state index contributed by atoms with van der Waals surface area (Å²) < 4.78 is 44.8. The lowest BCUT2D eigenvalue weighted by Gasteiger charge is -2.13. The summed E-state index contributed by atoms with van der Waals surface area (Å²) >= 11 is 3.40. The van der Waals surface area contributed by atoms with Gasteiger partial charge in [0.1, 0.15) is 12.4 Å². The lowest BCUT2D eigenvalue weighted by molar-refractivity contribution is -0.137. The zero-order chi connectivity index (χ0) is 16.9. The maximum Gasteiger partial charge on any atom is 0.416 e. The van der Waals surface area contributed by atoms with E-state index in [2.05, 4.69) is 15.9 Å². The number of hydrogen-bond acceptors (Lipinski definition) is 2. The lowest BCUT2D eigenvalue weighted by Crippen LogP contribution is -2.06. The monoisotopic (exact) mass is 387 g/mol. The first-order valence-corrected chi connectivity index (χ1v) is 7.97. The third kappa shape index (κ3) is 5.25. The van der Waals surface area contributed by atoms with Crippen LogP contribution in [0.5, 0.6) is 5.75 Å². The Morgan fingerprint density at radius 3 is 2.57 bits per heavy atom. The smallest absolute Gasteiger partial charge is 0.416 e. The van der Waals surface area contributed by atoms with Crippen molar-refractivity contribution in [2.75, 3.05) is 6.54 Å². The molecule has 2 aromatic carbocycles. The number of alkyl halides is 3. The summed E-state index contributed by atoms with van der Waals surface area (Å²) in [6, 6.07) is 10.8. The van der Waals surface area contributed by atoms with Crippen LogP contribution in [-0.4, -0.2) is 6.54 Å². The molecule has 0 aliphatic heterocycles. The molecule has 0 aliphatic carbocycles. The average molecular weight is 388 g/mol. The fourth-order valence-electron chi connectivity index (χ4n) is 2.18. The first-order chi connectivity index (χ1) is 10.9. The van der Waals surface area contributed by atoms with Gasteiger partial charge in [0, 0.05) is 4.47 Å². The maximum atomic E-state index is 12.7. The summed E-state index contributed by atoms with van der Waals surface area (Å²) in [4.78, 5) is 0. The predicted molar refractivity (Wildman–Crippen MR) is 87.3 cm³/mol. The summed E-state index contributed by atoms with van der Waals surface area (Å²) in [5.41, 5.74) is 6.32. The second kappa shape index (κ2) is 7.84. The topological polar surface area (TPSA) is 35.2 Å². The summed E-state index contributed by atoms with van der Waals surface area (Å²) in [6.45, 7) is 0.654. The Bertz CT molecular complexity index is 659. The third-order valence-corrected chi connectivity index (χ3v) is 3.81. The van der Waals surface area contributed by atoms with Gasteiger partial charge >= 0.3 is 6.18 Å². The minimum absolute atomic E-state index is 0.0845. The molecule has 0 aliphatic rings. The fraction of sp³-hybridized carbons (Fsp3) is 0.294. The number of rotatable bonds is 6. The molecule has 2 N–H and O–H groups in total. The normalized spacial score (nSPS) is 11.5. The molecule has 0 heterocycles. The van der Waals surface area contributed by atoms with Crippen LogP contribution in [0.25, 0.3) is 0 Å². The van der Waals surface area contributed by atoms with Gasteiger partial charge < -0.3 is 10.5 Å². The van der Waals surface area contributed by atoms with Crippen molar-refractivity contribution in [3.05, 3.63) is 63.6 Å². The van der Waals surface area contributed by atoms with Crippen LogP contribution in [0.15, 0.2) is 46.9 Å². The van der Waals surface area contributed by atoms with Crippen LogP contribution in [0.3, 0.4) is 0 Å². The summed E-state index contributed by atoms with van der Waals surface area (Å²) in [6.07, 6.45) is -2.77. The van der Waals surface area contributed by atoms with Crippen LogP contribution in [-0.2, 0) is 19.2 Å². The zero-order valence-electron chi connectivity index (χ0n) is 12.4. The molecule has 0 aromatic heterocycles. The summed E-state index contributed by atoms with van der Waals surface area (Å²) in [5, 5.41) is 0. The summed E-state index contributed by atoms with van der Waals surface area (Å²) in [7, 11) is 0. The molecule has 0 bridgehead atoms. The van der Waals surface area contributed by atoms with Crippen molar-refractivity contribution in [3.63, 3.8) is 0 Å². The van der Waals surface area contributed by atoms with Crippen molar-refractivity contribution in [2.45, 2.75) is 25.6 Å². The van der Waals surface area contributed by atoms with E-state index in [1.165, 1.54) is 6.07 Å². The van der Waals surface area contributed by atoms with Crippen molar-refractivity contribution in [2.24, 2.45) is 5.73 Å². The van der Waals surface area contributed by atoms with E-state index in [-0.39, 0.29) is 6.61 Å². The predicted octanol–water partition coefficient (Wildman–Crippen LogP) is 4.94. The Morgan fingerprint density at radius 2 is 1.87 bits per heavy atom. The van der Waals surface area contributed by atoms with Gasteiger partial charge in [0.2, 0.25) is 0 Å². The first-order valence-electron chi connectivity index (χ1n) is 7.17.